The van der Waals surface area contributed by atoms with E-state index in [1.807, 2.05) is 13.8 Å². The first kappa shape index (κ1) is 21.0. The lowest BCUT2D eigenvalue weighted by molar-refractivity contribution is -0.274. The number of imidazole rings is 1. The largest absolute Gasteiger partial charge is 0.609 e. The van der Waals surface area contributed by atoms with Crippen LogP contribution in [-0.4, -0.2) is 32.5 Å². The van der Waals surface area contributed by atoms with Crippen molar-refractivity contribution in [2.24, 2.45) is 0 Å². The molecule has 2 aromatic heterocycles. The lowest BCUT2D eigenvalue weighted by atomic mass is 10.1. The molecule has 0 saturated heterocycles. The maximum Gasteiger partial charge on any atom is 0.573 e. The minimum atomic E-state index is -4.80. The first-order valence-electron chi connectivity index (χ1n) is 8.50. The molecule has 1 N–H and O–H groups in total. The molecular formula is C19H18F3N3O3S. The van der Waals surface area contributed by atoms with E-state index in [1.54, 1.807) is 12.3 Å². The van der Waals surface area contributed by atoms with Crippen molar-refractivity contribution < 1.29 is 27.2 Å². The normalized spacial score (nSPS) is 12.8. The van der Waals surface area contributed by atoms with E-state index >= 15 is 0 Å². The van der Waals surface area contributed by atoms with Crippen LogP contribution in [0.15, 0.2) is 42.2 Å². The van der Waals surface area contributed by atoms with Crippen LogP contribution in [0.3, 0.4) is 0 Å². The van der Waals surface area contributed by atoms with E-state index in [0.29, 0.717) is 23.6 Å². The number of rotatable bonds is 7. The van der Waals surface area contributed by atoms with Crippen LogP contribution >= 0.6 is 0 Å². The number of aryl methyl sites for hydroxylation is 1. The smallest absolute Gasteiger partial charge is 0.573 e. The molecule has 1 unspecified atom stereocenters. The molecule has 0 aliphatic rings. The molecule has 0 saturated carbocycles. The van der Waals surface area contributed by atoms with Crippen LogP contribution in [0.1, 0.15) is 16.8 Å². The molecular weight excluding hydrogens is 407 g/mol. The van der Waals surface area contributed by atoms with Crippen LogP contribution in [0, 0.1) is 13.8 Å². The highest BCUT2D eigenvalue weighted by Gasteiger charge is 2.31. The number of ether oxygens (including phenoxy) is 2. The lowest BCUT2D eigenvalue weighted by Gasteiger charge is -2.14. The van der Waals surface area contributed by atoms with Gasteiger partial charge in [0, 0.05) is 34.6 Å². The third kappa shape index (κ3) is 5.01. The first-order chi connectivity index (χ1) is 13.7. The fourth-order valence-corrected chi connectivity index (χ4v) is 3.83. The Morgan fingerprint density at radius 2 is 2.07 bits per heavy atom. The molecule has 0 radical (unpaired) electrons. The third-order valence-corrected chi connectivity index (χ3v) is 5.20. The number of halogens is 3. The summed E-state index contributed by atoms with van der Waals surface area (Å²) in [6.07, 6.45) is -1.53. The number of nitrogens with one attached hydrogen (secondary N) is 1. The van der Waals surface area contributed by atoms with Gasteiger partial charge in [-0.3, -0.25) is 9.97 Å². The number of nitrogens with zero attached hydrogens (tertiary/aromatic N) is 2. The Labute approximate surface area is 168 Å². The van der Waals surface area contributed by atoms with Crippen molar-refractivity contribution in [3.63, 3.8) is 0 Å². The summed E-state index contributed by atoms with van der Waals surface area (Å²) < 4.78 is 59.4. The number of alkyl halides is 3. The highest BCUT2D eigenvalue weighted by atomic mass is 32.2. The monoisotopic (exact) mass is 425 g/mol. The summed E-state index contributed by atoms with van der Waals surface area (Å²) in [5, 5.41) is 0.138. The van der Waals surface area contributed by atoms with E-state index in [4.69, 9.17) is 4.74 Å². The zero-order valence-corrected chi connectivity index (χ0v) is 16.5. The van der Waals surface area contributed by atoms with Gasteiger partial charge in [-0.1, -0.05) is 12.7 Å². The zero-order valence-electron chi connectivity index (χ0n) is 15.7. The maximum atomic E-state index is 12.8. The van der Waals surface area contributed by atoms with Gasteiger partial charge in [-0.25, -0.2) is 0 Å². The van der Waals surface area contributed by atoms with Crippen LogP contribution in [-0.2, 0) is 16.9 Å². The summed E-state index contributed by atoms with van der Waals surface area (Å²) in [5.74, 6) is 0.335. The summed E-state index contributed by atoms with van der Waals surface area (Å²) in [5.41, 5.74) is 2.86. The van der Waals surface area contributed by atoms with Crippen LogP contribution in [0.4, 0.5) is 13.2 Å². The maximum absolute atomic E-state index is 12.8. The fraction of sp³-hybridized carbons (Fsp3) is 0.263. The van der Waals surface area contributed by atoms with Crippen LogP contribution < -0.4 is 9.47 Å². The SMILES string of the molecule is C=CCOc1c(C)cnc(C[S+]([O-])c2nc3cc(OC(F)(F)F)ccc3[nH]2)c1C. The van der Waals surface area contributed by atoms with Crippen LogP contribution in [0.2, 0.25) is 0 Å². The summed E-state index contributed by atoms with van der Waals surface area (Å²) >= 11 is -1.59. The molecule has 0 amide bonds. The summed E-state index contributed by atoms with van der Waals surface area (Å²) in [6, 6.07) is 3.69. The highest BCUT2D eigenvalue weighted by Crippen LogP contribution is 2.29. The Balaban J connectivity index is 1.83. The number of aromatic amines is 1. The number of fused-ring (bicyclic) bond motifs is 1. The second kappa shape index (κ2) is 8.34. The van der Waals surface area contributed by atoms with Crippen LogP contribution in [0.5, 0.6) is 11.5 Å². The number of benzene rings is 1. The van der Waals surface area contributed by atoms with Gasteiger partial charge >= 0.3 is 11.5 Å². The molecule has 1 atom stereocenters. The van der Waals surface area contributed by atoms with E-state index < -0.39 is 23.3 Å². The van der Waals surface area contributed by atoms with Gasteiger partial charge in [0.15, 0.2) is 5.75 Å². The first-order valence-corrected chi connectivity index (χ1v) is 9.82. The second-order valence-corrected chi connectivity index (χ2v) is 7.57. The summed E-state index contributed by atoms with van der Waals surface area (Å²) in [4.78, 5) is 11.3. The molecule has 3 aromatic rings. The highest BCUT2D eigenvalue weighted by molar-refractivity contribution is 7.90. The third-order valence-electron chi connectivity index (χ3n) is 4.04. The standard InChI is InChI=1S/C19H18F3N3O3S/c1-4-7-27-17-11(2)9-23-16(12(17)3)10-29(26)18-24-14-6-5-13(8-15(14)25-18)28-19(20,21)22/h4-6,8-9H,1,7,10H2,2-3H3,(H,24,25). The van der Waals surface area contributed by atoms with E-state index in [0.717, 1.165) is 23.3 Å². The molecule has 10 heteroatoms. The molecule has 154 valence electrons. The van der Waals surface area contributed by atoms with Gasteiger partial charge in [0.1, 0.15) is 18.1 Å². The molecule has 6 nitrogen and oxygen atoms in total. The van der Waals surface area contributed by atoms with Crippen molar-refractivity contribution in [1.82, 2.24) is 15.0 Å². The average Bonchev–Trinajstić information content (AvgIpc) is 3.06. The van der Waals surface area contributed by atoms with Crippen molar-refractivity contribution >= 4 is 22.2 Å². The van der Waals surface area contributed by atoms with E-state index in [-0.39, 0.29) is 16.4 Å². The van der Waals surface area contributed by atoms with Gasteiger partial charge in [0.05, 0.1) is 16.7 Å². The molecule has 29 heavy (non-hydrogen) atoms. The van der Waals surface area contributed by atoms with E-state index in [1.165, 1.54) is 6.07 Å². The predicted molar refractivity (Wildman–Crippen MR) is 102 cm³/mol. The van der Waals surface area contributed by atoms with Gasteiger partial charge < -0.3 is 14.0 Å². The van der Waals surface area contributed by atoms with Crippen molar-refractivity contribution in [3.05, 3.63) is 53.9 Å². The van der Waals surface area contributed by atoms with Crippen LogP contribution in [0.25, 0.3) is 11.0 Å². The molecule has 0 spiro atoms. The number of hydrogen-bond acceptors (Lipinski definition) is 5. The quantitative estimate of drug-likeness (QED) is 0.450. The topological polar surface area (TPSA) is 83.1 Å². The molecule has 3 rings (SSSR count). The van der Waals surface area contributed by atoms with Gasteiger partial charge in [0.2, 0.25) is 0 Å². The van der Waals surface area contributed by atoms with E-state index in [2.05, 4.69) is 26.3 Å². The number of hydrogen-bond donors (Lipinski definition) is 1. The van der Waals surface area contributed by atoms with E-state index in [9.17, 15) is 17.7 Å². The Morgan fingerprint density at radius 1 is 1.31 bits per heavy atom. The average molecular weight is 425 g/mol. The lowest BCUT2D eigenvalue weighted by Crippen LogP contribution is -2.16. The number of aromatic nitrogens is 3. The molecule has 0 fully saturated rings. The van der Waals surface area contributed by atoms with Gasteiger partial charge in [-0.2, -0.15) is 4.98 Å². The Kier molecular flexibility index (Phi) is 6.04. The Hall–Kier alpha value is -2.72. The van der Waals surface area contributed by atoms with Crippen molar-refractivity contribution in [1.29, 1.82) is 0 Å². The predicted octanol–water partition coefficient (Wildman–Crippen LogP) is 4.35. The second-order valence-electron chi connectivity index (χ2n) is 6.20. The number of pyridine rings is 1. The van der Waals surface area contributed by atoms with Gasteiger partial charge in [-0.05, 0) is 26.0 Å². The minimum absolute atomic E-state index is 0.0717. The molecule has 2 heterocycles. The minimum Gasteiger partial charge on any atom is -0.609 e. The van der Waals surface area contributed by atoms with Crippen molar-refractivity contribution in [2.75, 3.05) is 6.61 Å². The van der Waals surface area contributed by atoms with Gasteiger partial charge in [-0.15, -0.1) is 13.2 Å². The fourth-order valence-electron chi connectivity index (χ4n) is 2.73. The van der Waals surface area contributed by atoms with Gasteiger partial charge in [0.25, 0.3) is 0 Å². The molecule has 0 bridgehead atoms. The Bertz CT molecular complexity index is 1040. The molecule has 1 aromatic carbocycles. The molecule has 0 aliphatic heterocycles. The molecule has 0 aliphatic carbocycles. The Morgan fingerprint density at radius 3 is 2.76 bits per heavy atom. The summed E-state index contributed by atoms with van der Waals surface area (Å²) in [6.45, 7) is 7.64. The van der Waals surface area contributed by atoms with Crippen molar-refractivity contribution in [2.45, 2.75) is 31.1 Å². The summed E-state index contributed by atoms with van der Waals surface area (Å²) in [7, 11) is 0. The zero-order chi connectivity index (χ0) is 21.2. The van der Waals surface area contributed by atoms with Crippen molar-refractivity contribution in [3.8, 4) is 11.5 Å². The number of H-pyrrole nitrogens is 1.